The minimum Gasteiger partial charge on any atom is -0.348 e. The maximum Gasteiger partial charge on any atom is 0.254 e. The van der Waals surface area contributed by atoms with Crippen molar-refractivity contribution in [3.05, 3.63) is 59.9 Å². The van der Waals surface area contributed by atoms with Crippen molar-refractivity contribution in [2.75, 3.05) is 19.6 Å². The van der Waals surface area contributed by atoms with E-state index in [2.05, 4.69) is 21.8 Å². The van der Waals surface area contributed by atoms with Gasteiger partial charge >= 0.3 is 0 Å². The maximum absolute atomic E-state index is 12.1. The summed E-state index contributed by atoms with van der Waals surface area (Å²) in [6, 6.07) is 9.75. The molecule has 1 aromatic heterocycles. The molecule has 2 heterocycles. The molecule has 0 spiro atoms. The molecular formula is C16H18N4O. The molecule has 0 saturated heterocycles. The van der Waals surface area contributed by atoms with E-state index in [1.54, 1.807) is 17.1 Å². The van der Waals surface area contributed by atoms with Crippen molar-refractivity contribution in [2.24, 2.45) is 0 Å². The van der Waals surface area contributed by atoms with Gasteiger partial charge in [-0.05, 0) is 25.1 Å². The highest BCUT2D eigenvalue weighted by atomic mass is 16.1. The molecule has 5 heteroatoms. The van der Waals surface area contributed by atoms with Gasteiger partial charge in [0.25, 0.3) is 5.91 Å². The molecule has 0 fully saturated rings. The van der Waals surface area contributed by atoms with Crippen LogP contribution >= 0.6 is 0 Å². The summed E-state index contributed by atoms with van der Waals surface area (Å²) in [7, 11) is 0. The first-order chi connectivity index (χ1) is 10.3. The second-order valence-corrected chi connectivity index (χ2v) is 5.01. The highest BCUT2D eigenvalue weighted by Gasteiger charge is 2.10. The fourth-order valence-electron chi connectivity index (χ4n) is 2.29. The molecule has 0 aliphatic carbocycles. The standard InChI is InChI=1S/C16H18N4O/c21-16(18-10-13-6-8-17-9-7-13)14-11-19-20(12-14)15-4-2-1-3-5-15/h1-6,11-12,17H,7-10H2,(H,18,21). The molecule has 1 aliphatic rings. The van der Waals surface area contributed by atoms with Gasteiger partial charge in [-0.2, -0.15) is 5.10 Å². The normalized spacial score (nSPS) is 14.6. The molecule has 0 radical (unpaired) electrons. The van der Waals surface area contributed by atoms with Crippen LogP contribution in [0.2, 0.25) is 0 Å². The van der Waals surface area contributed by atoms with E-state index in [1.807, 2.05) is 30.3 Å². The van der Waals surface area contributed by atoms with Gasteiger partial charge < -0.3 is 10.6 Å². The van der Waals surface area contributed by atoms with Gasteiger partial charge in [-0.25, -0.2) is 4.68 Å². The second kappa shape index (κ2) is 6.37. The summed E-state index contributed by atoms with van der Waals surface area (Å²) in [5.41, 5.74) is 2.79. The smallest absolute Gasteiger partial charge is 0.254 e. The predicted molar refractivity (Wildman–Crippen MR) is 81.5 cm³/mol. The number of nitrogens with one attached hydrogen (secondary N) is 2. The molecule has 21 heavy (non-hydrogen) atoms. The monoisotopic (exact) mass is 282 g/mol. The van der Waals surface area contributed by atoms with Crippen LogP contribution in [0.4, 0.5) is 0 Å². The summed E-state index contributed by atoms with van der Waals surface area (Å²) in [5, 5.41) is 10.4. The third kappa shape index (κ3) is 3.38. The van der Waals surface area contributed by atoms with Crippen LogP contribution in [0.1, 0.15) is 16.8 Å². The van der Waals surface area contributed by atoms with Crippen molar-refractivity contribution >= 4 is 5.91 Å². The van der Waals surface area contributed by atoms with E-state index in [0.717, 1.165) is 25.2 Å². The Bertz CT molecular complexity index is 645. The van der Waals surface area contributed by atoms with Gasteiger partial charge in [-0.15, -0.1) is 0 Å². The fourth-order valence-corrected chi connectivity index (χ4v) is 2.29. The highest BCUT2D eigenvalue weighted by molar-refractivity contribution is 5.93. The Morgan fingerprint density at radius 1 is 1.33 bits per heavy atom. The van der Waals surface area contributed by atoms with Crippen molar-refractivity contribution in [2.45, 2.75) is 6.42 Å². The number of amides is 1. The predicted octanol–water partition coefficient (Wildman–Crippen LogP) is 1.52. The fraction of sp³-hybridized carbons (Fsp3) is 0.250. The number of carbonyl (C=O) groups is 1. The molecule has 3 rings (SSSR count). The van der Waals surface area contributed by atoms with Gasteiger partial charge in [-0.1, -0.05) is 29.8 Å². The lowest BCUT2D eigenvalue weighted by molar-refractivity contribution is 0.0956. The minimum atomic E-state index is -0.0865. The molecule has 5 nitrogen and oxygen atoms in total. The first-order valence-electron chi connectivity index (χ1n) is 7.10. The Balaban J connectivity index is 1.63. The first-order valence-corrected chi connectivity index (χ1v) is 7.10. The zero-order valence-corrected chi connectivity index (χ0v) is 11.7. The van der Waals surface area contributed by atoms with Gasteiger partial charge in [-0.3, -0.25) is 4.79 Å². The molecule has 2 N–H and O–H groups in total. The lowest BCUT2D eigenvalue weighted by Gasteiger charge is -2.14. The molecule has 0 bridgehead atoms. The summed E-state index contributed by atoms with van der Waals surface area (Å²) >= 11 is 0. The number of benzene rings is 1. The molecule has 2 aromatic rings. The number of aromatic nitrogens is 2. The van der Waals surface area contributed by atoms with E-state index in [1.165, 1.54) is 5.57 Å². The Hall–Kier alpha value is -2.40. The van der Waals surface area contributed by atoms with Gasteiger partial charge in [0.2, 0.25) is 0 Å². The van der Waals surface area contributed by atoms with Crippen LogP contribution in [0, 0.1) is 0 Å². The van der Waals surface area contributed by atoms with Crippen LogP contribution in [0.5, 0.6) is 0 Å². The van der Waals surface area contributed by atoms with Crippen molar-refractivity contribution in [3.63, 3.8) is 0 Å². The van der Waals surface area contributed by atoms with E-state index in [-0.39, 0.29) is 5.91 Å². The molecule has 0 atom stereocenters. The van der Waals surface area contributed by atoms with Crippen molar-refractivity contribution < 1.29 is 4.79 Å². The lowest BCUT2D eigenvalue weighted by Crippen LogP contribution is -2.29. The van der Waals surface area contributed by atoms with Crippen molar-refractivity contribution in [1.82, 2.24) is 20.4 Å². The van der Waals surface area contributed by atoms with Gasteiger partial charge in [0.05, 0.1) is 17.4 Å². The van der Waals surface area contributed by atoms with Crippen LogP contribution in [0.15, 0.2) is 54.4 Å². The number of nitrogens with zero attached hydrogens (tertiary/aromatic N) is 2. The van der Waals surface area contributed by atoms with Crippen LogP contribution in [-0.2, 0) is 0 Å². The molecule has 1 aromatic carbocycles. The molecule has 0 saturated carbocycles. The minimum absolute atomic E-state index is 0.0865. The SMILES string of the molecule is O=C(NCC1=CCNCC1)c1cnn(-c2ccccc2)c1. The maximum atomic E-state index is 12.1. The quantitative estimate of drug-likeness (QED) is 0.836. The zero-order chi connectivity index (χ0) is 14.5. The summed E-state index contributed by atoms with van der Waals surface area (Å²) in [4.78, 5) is 12.1. The summed E-state index contributed by atoms with van der Waals surface area (Å²) in [6.07, 6.45) is 6.47. The molecule has 1 aliphatic heterocycles. The van der Waals surface area contributed by atoms with Crippen molar-refractivity contribution in [1.29, 1.82) is 0 Å². The van der Waals surface area contributed by atoms with E-state index in [0.29, 0.717) is 12.1 Å². The van der Waals surface area contributed by atoms with Gasteiger partial charge in [0.15, 0.2) is 0 Å². The lowest BCUT2D eigenvalue weighted by atomic mass is 10.1. The summed E-state index contributed by atoms with van der Waals surface area (Å²) in [5.74, 6) is -0.0865. The van der Waals surface area contributed by atoms with Crippen LogP contribution in [0.25, 0.3) is 5.69 Å². The van der Waals surface area contributed by atoms with Crippen molar-refractivity contribution in [3.8, 4) is 5.69 Å². The summed E-state index contributed by atoms with van der Waals surface area (Å²) < 4.78 is 1.71. The molecular weight excluding hydrogens is 264 g/mol. The van der Waals surface area contributed by atoms with Crippen LogP contribution < -0.4 is 10.6 Å². The number of rotatable bonds is 4. The Morgan fingerprint density at radius 2 is 2.19 bits per heavy atom. The molecule has 0 unspecified atom stereocenters. The van der Waals surface area contributed by atoms with E-state index in [9.17, 15) is 4.79 Å². The average molecular weight is 282 g/mol. The number of carbonyl (C=O) groups excluding carboxylic acids is 1. The van der Waals surface area contributed by atoms with E-state index < -0.39 is 0 Å². The Morgan fingerprint density at radius 3 is 2.95 bits per heavy atom. The third-order valence-electron chi connectivity index (χ3n) is 3.50. The highest BCUT2D eigenvalue weighted by Crippen LogP contribution is 2.08. The topological polar surface area (TPSA) is 59.0 Å². The summed E-state index contributed by atoms with van der Waals surface area (Å²) in [6.45, 7) is 2.47. The number of para-hydroxylation sites is 1. The van der Waals surface area contributed by atoms with Crippen LogP contribution in [-0.4, -0.2) is 35.3 Å². The van der Waals surface area contributed by atoms with Crippen LogP contribution in [0.3, 0.4) is 0 Å². The van der Waals surface area contributed by atoms with E-state index >= 15 is 0 Å². The Kier molecular flexibility index (Phi) is 4.12. The zero-order valence-electron chi connectivity index (χ0n) is 11.7. The van der Waals surface area contributed by atoms with E-state index in [4.69, 9.17) is 0 Å². The first kappa shape index (κ1) is 13.6. The second-order valence-electron chi connectivity index (χ2n) is 5.01. The largest absolute Gasteiger partial charge is 0.348 e. The third-order valence-corrected chi connectivity index (χ3v) is 3.50. The van der Waals surface area contributed by atoms with Gasteiger partial charge in [0.1, 0.15) is 0 Å². The van der Waals surface area contributed by atoms with Gasteiger partial charge in [0, 0.05) is 19.3 Å². The number of hydrogen-bond acceptors (Lipinski definition) is 3. The Labute approximate surface area is 123 Å². The molecule has 108 valence electrons. The average Bonchev–Trinajstić information content (AvgIpc) is 3.04. The number of hydrogen-bond donors (Lipinski definition) is 2. The molecule has 1 amide bonds.